The lowest BCUT2D eigenvalue weighted by Crippen LogP contribution is -2.53. The Morgan fingerprint density at radius 1 is 1.31 bits per heavy atom. The Bertz CT molecular complexity index is 819. The van der Waals surface area contributed by atoms with Crippen LogP contribution in [0.15, 0.2) is 24.3 Å². The van der Waals surface area contributed by atoms with E-state index in [4.69, 9.17) is 10.7 Å². The molecule has 1 aromatic carbocycles. The molecule has 0 fully saturated rings. The summed E-state index contributed by atoms with van der Waals surface area (Å²) in [6, 6.07) is 8.62. The highest BCUT2D eigenvalue weighted by Crippen LogP contribution is 2.38. The van der Waals surface area contributed by atoms with Crippen molar-refractivity contribution < 1.29 is 4.79 Å². The van der Waals surface area contributed by atoms with Crippen molar-refractivity contribution in [2.75, 3.05) is 13.1 Å². The molecule has 0 atom stereocenters. The van der Waals surface area contributed by atoms with Gasteiger partial charge in [-0.1, -0.05) is 39.0 Å². The number of benzene rings is 1. The zero-order chi connectivity index (χ0) is 19.1. The number of imidazole rings is 1. The van der Waals surface area contributed by atoms with E-state index in [2.05, 4.69) is 63.5 Å². The molecular formula is C21H30N4O. The van der Waals surface area contributed by atoms with Gasteiger partial charge in [0.05, 0.1) is 17.8 Å². The summed E-state index contributed by atoms with van der Waals surface area (Å²) in [5.41, 5.74) is 9.91. The third-order valence-electron chi connectivity index (χ3n) is 5.41. The van der Waals surface area contributed by atoms with E-state index in [0.29, 0.717) is 12.5 Å². The van der Waals surface area contributed by atoms with E-state index >= 15 is 0 Å². The summed E-state index contributed by atoms with van der Waals surface area (Å²) in [7, 11) is 0. The lowest BCUT2D eigenvalue weighted by Gasteiger charge is -2.42. The Hall–Kier alpha value is -2.14. The largest absolute Gasteiger partial charge is 0.327 e. The molecule has 26 heavy (non-hydrogen) atoms. The summed E-state index contributed by atoms with van der Waals surface area (Å²) in [5, 5.41) is 0. The third kappa shape index (κ3) is 2.94. The summed E-state index contributed by atoms with van der Waals surface area (Å²) in [6.45, 7) is 12.2. The summed E-state index contributed by atoms with van der Waals surface area (Å²) < 4.78 is 2.32. The van der Waals surface area contributed by atoms with Crippen molar-refractivity contribution in [1.82, 2.24) is 14.5 Å². The lowest BCUT2D eigenvalue weighted by atomic mass is 9.98. The Kier molecular flexibility index (Phi) is 4.93. The fraction of sp³-hybridized carbons (Fsp3) is 0.524. The van der Waals surface area contributed by atoms with Gasteiger partial charge in [0.25, 0.3) is 0 Å². The maximum absolute atomic E-state index is 12.3. The predicted octanol–water partition coefficient (Wildman–Crippen LogP) is 3.27. The van der Waals surface area contributed by atoms with Crippen molar-refractivity contribution in [3.63, 3.8) is 0 Å². The van der Waals surface area contributed by atoms with Gasteiger partial charge in [0.2, 0.25) is 5.91 Å². The summed E-state index contributed by atoms with van der Waals surface area (Å²) in [5.74, 6) is 1.28. The van der Waals surface area contributed by atoms with E-state index in [1.807, 2.05) is 4.90 Å². The standard InChI is InChI=1S/C21H30N4O/c1-6-15-8-7-9-16(12-15)18-19(14(2)3)24-10-11-25(17(26)13-22)21(4,5)20(24)23-18/h7-9,12,14H,6,10-11,13,22H2,1-5H3. The Labute approximate surface area is 156 Å². The Morgan fingerprint density at radius 2 is 2.04 bits per heavy atom. The zero-order valence-electron chi connectivity index (χ0n) is 16.5. The van der Waals surface area contributed by atoms with Crippen LogP contribution in [0.2, 0.25) is 0 Å². The number of carbonyl (C=O) groups is 1. The molecule has 0 bridgehead atoms. The van der Waals surface area contributed by atoms with Gasteiger partial charge in [-0.3, -0.25) is 4.79 Å². The van der Waals surface area contributed by atoms with Crippen molar-refractivity contribution in [2.45, 2.75) is 59.0 Å². The Balaban J connectivity index is 2.18. The van der Waals surface area contributed by atoms with E-state index in [-0.39, 0.29) is 12.5 Å². The van der Waals surface area contributed by atoms with Crippen LogP contribution in [0.4, 0.5) is 0 Å². The summed E-state index contributed by atoms with van der Waals surface area (Å²) in [4.78, 5) is 19.3. The summed E-state index contributed by atoms with van der Waals surface area (Å²) >= 11 is 0. The minimum absolute atomic E-state index is 0.0233. The molecule has 0 saturated carbocycles. The van der Waals surface area contributed by atoms with Gasteiger partial charge >= 0.3 is 0 Å². The lowest BCUT2D eigenvalue weighted by molar-refractivity contribution is -0.137. The van der Waals surface area contributed by atoms with Gasteiger partial charge in [-0.05, 0) is 37.8 Å². The monoisotopic (exact) mass is 354 g/mol. The highest BCUT2D eigenvalue weighted by molar-refractivity contribution is 5.79. The van der Waals surface area contributed by atoms with Crippen molar-refractivity contribution in [3.8, 4) is 11.3 Å². The van der Waals surface area contributed by atoms with Gasteiger partial charge < -0.3 is 15.2 Å². The van der Waals surface area contributed by atoms with Gasteiger partial charge in [-0.2, -0.15) is 0 Å². The smallest absolute Gasteiger partial charge is 0.237 e. The number of rotatable bonds is 4. The van der Waals surface area contributed by atoms with Crippen LogP contribution in [0.25, 0.3) is 11.3 Å². The molecule has 5 nitrogen and oxygen atoms in total. The van der Waals surface area contributed by atoms with Gasteiger partial charge in [-0.15, -0.1) is 0 Å². The molecule has 0 spiro atoms. The topological polar surface area (TPSA) is 64.2 Å². The van der Waals surface area contributed by atoms with Crippen LogP contribution in [0.5, 0.6) is 0 Å². The van der Waals surface area contributed by atoms with Crippen LogP contribution in [0.1, 0.15) is 57.6 Å². The second-order valence-corrected chi connectivity index (χ2v) is 7.84. The van der Waals surface area contributed by atoms with Crippen LogP contribution in [0, 0.1) is 0 Å². The average Bonchev–Trinajstić information content (AvgIpc) is 3.02. The molecule has 0 unspecified atom stereocenters. The van der Waals surface area contributed by atoms with Crippen molar-refractivity contribution >= 4 is 5.91 Å². The van der Waals surface area contributed by atoms with E-state index in [1.54, 1.807) is 0 Å². The number of nitrogens with zero attached hydrogens (tertiary/aromatic N) is 3. The minimum Gasteiger partial charge on any atom is -0.327 e. The van der Waals surface area contributed by atoms with Crippen LogP contribution in [-0.4, -0.2) is 33.4 Å². The molecule has 0 radical (unpaired) electrons. The fourth-order valence-electron chi connectivity index (χ4n) is 4.04. The third-order valence-corrected chi connectivity index (χ3v) is 5.41. The first-order chi connectivity index (χ1) is 12.3. The van der Waals surface area contributed by atoms with Crippen molar-refractivity contribution in [3.05, 3.63) is 41.3 Å². The normalized spacial score (nSPS) is 16.0. The van der Waals surface area contributed by atoms with Crippen LogP contribution in [0.3, 0.4) is 0 Å². The van der Waals surface area contributed by atoms with Crippen LogP contribution < -0.4 is 5.73 Å². The van der Waals surface area contributed by atoms with Gasteiger partial charge in [-0.25, -0.2) is 4.98 Å². The Morgan fingerprint density at radius 3 is 2.65 bits per heavy atom. The second-order valence-electron chi connectivity index (χ2n) is 7.84. The first kappa shape index (κ1) is 18.6. The second kappa shape index (κ2) is 6.88. The highest BCUT2D eigenvalue weighted by Gasteiger charge is 2.41. The molecule has 1 amide bonds. The zero-order valence-corrected chi connectivity index (χ0v) is 16.5. The number of aryl methyl sites for hydroxylation is 1. The van der Waals surface area contributed by atoms with Gasteiger partial charge in [0.15, 0.2) is 0 Å². The van der Waals surface area contributed by atoms with E-state index < -0.39 is 5.54 Å². The van der Waals surface area contributed by atoms with Crippen LogP contribution >= 0.6 is 0 Å². The fourth-order valence-corrected chi connectivity index (χ4v) is 4.04. The molecule has 1 aliphatic rings. The number of aromatic nitrogens is 2. The SMILES string of the molecule is CCc1cccc(-c2nc3n(c2C(C)C)CCN(C(=O)CN)C3(C)C)c1. The molecule has 0 aliphatic carbocycles. The molecule has 1 aromatic heterocycles. The van der Waals surface area contributed by atoms with Crippen molar-refractivity contribution in [1.29, 1.82) is 0 Å². The number of amides is 1. The number of fused-ring (bicyclic) bond motifs is 1. The number of hydrogen-bond acceptors (Lipinski definition) is 3. The molecule has 140 valence electrons. The number of hydrogen-bond donors (Lipinski definition) is 1. The maximum atomic E-state index is 12.3. The number of nitrogens with two attached hydrogens (primary N) is 1. The molecule has 2 N–H and O–H groups in total. The number of carbonyl (C=O) groups excluding carboxylic acids is 1. The first-order valence-electron chi connectivity index (χ1n) is 9.52. The quantitative estimate of drug-likeness (QED) is 0.916. The highest BCUT2D eigenvalue weighted by atomic mass is 16.2. The summed E-state index contributed by atoms with van der Waals surface area (Å²) in [6.07, 6.45) is 1.00. The first-order valence-corrected chi connectivity index (χ1v) is 9.52. The van der Waals surface area contributed by atoms with Gasteiger partial charge in [0, 0.05) is 24.3 Å². The molecule has 2 aromatic rings. The van der Waals surface area contributed by atoms with E-state index in [0.717, 1.165) is 30.0 Å². The maximum Gasteiger partial charge on any atom is 0.237 e. The van der Waals surface area contributed by atoms with E-state index in [9.17, 15) is 4.79 Å². The molecular weight excluding hydrogens is 324 g/mol. The van der Waals surface area contributed by atoms with Crippen LogP contribution in [-0.2, 0) is 23.3 Å². The molecule has 5 heteroatoms. The average molecular weight is 354 g/mol. The minimum atomic E-state index is -0.473. The predicted molar refractivity (Wildman–Crippen MR) is 105 cm³/mol. The molecule has 0 saturated heterocycles. The van der Waals surface area contributed by atoms with Gasteiger partial charge in [0.1, 0.15) is 5.82 Å². The molecule has 2 heterocycles. The molecule has 3 rings (SSSR count). The van der Waals surface area contributed by atoms with Crippen molar-refractivity contribution in [2.24, 2.45) is 5.73 Å². The molecule has 1 aliphatic heterocycles. The van der Waals surface area contributed by atoms with E-state index in [1.165, 1.54) is 11.3 Å².